The summed E-state index contributed by atoms with van der Waals surface area (Å²) in [6, 6.07) is 4.98. The number of benzene rings is 1. The van der Waals surface area contributed by atoms with Gasteiger partial charge in [-0.25, -0.2) is 8.42 Å². The summed E-state index contributed by atoms with van der Waals surface area (Å²) >= 11 is 0. The number of hydrogen-bond acceptors (Lipinski definition) is 3. The van der Waals surface area contributed by atoms with Gasteiger partial charge in [-0.1, -0.05) is 39.7 Å². The Morgan fingerprint density at radius 1 is 1.04 bits per heavy atom. The van der Waals surface area contributed by atoms with Crippen molar-refractivity contribution in [1.82, 2.24) is 9.62 Å². The maximum absolute atomic E-state index is 13.2. The van der Waals surface area contributed by atoms with E-state index < -0.39 is 10.0 Å². The first-order chi connectivity index (χ1) is 12.8. The minimum atomic E-state index is -3.59. The molecule has 1 N–H and O–H groups in total. The van der Waals surface area contributed by atoms with Crippen molar-refractivity contribution in [2.24, 2.45) is 5.41 Å². The zero-order chi connectivity index (χ0) is 21.2. The Labute approximate surface area is 170 Å². The van der Waals surface area contributed by atoms with Crippen LogP contribution in [0.15, 0.2) is 23.1 Å². The molecule has 0 bridgehead atoms. The Morgan fingerprint density at radius 3 is 2.14 bits per heavy atom. The fourth-order valence-corrected chi connectivity index (χ4v) is 5.96. The molecular weight excluding hydrogens is 372 g/mol. The highest BCUT2D eigenvalue weighted by molar-refractivity contribution is 7.89. The van der Waals surface area contributed by atoms with Crippen LogP contribution in [0.3, 0.4) is 0 Å². The molecule has 1 heterocycles. The van der Waals surface area contributed by atoms with Crippen LogP contribution in [-0.4, -0.2) is 37.3 Å². The van der Waals surface area contributed by atoms with Crippen molar-refractivity contribution in [3.63, 3.8) is 0 Å². The highest BCUT2D eigenvalue weighted by Crippen LogP contribution is 2.28. The van der Waals surface area contributed by atoms with Crippen LogP contribution in [0.5, 0.6) is 0 Å². The van der Waals surface area contributed by atoms with Gasteiger partial charge in [-0.15, -0.1) is 0 Å². The zero-order valence-corrected chi connectivity index (χ0v) is 19.1. The van der Waals surface area contributed by atoms with Crippen LogP contribution < -0.4 is 5.32 Å². The first-order valence-corrected chi connectivity index (χ1v) is 11.7. The second-order valence-electron chi connectivity index (χ2n) is 9.87. The summed E-state index contributed by atoms with van der Waals surface area (Å²) in [5, 5.41) is 3.07. The van der Waals surface area contributed by atoms with Gasteiger partial charge in [0.15, 0.2) is 0 Å². The topological polar surface area (TPSA) is 66.5 Å². The third-order valence-electron chi connectivity index (χ3n) is 5.06. The Morgan fingerprint density at radius 2 is 1.61 bits per heavy atom. The molecule has 158 valence electrons. The molecule has 0 spiro atoms. The number of carbonyl (C=O) groups is 1. The fourth-order valence-electron chi connectivity index (χ4n) is 4.19. The predicted molar refractivity (Wildman–Crippen MR) is 114 cm³/mol. The lowest BCUT2D eigenvalue weighted by Gasteiger charge is -2.33. The quantitative estimate of drug-likeness (QED) is 0.780. The third-order valence-corrected chi connectivity index (χ3v) is 7.10. The average Bonchev–Trinajstić information content (AvgIpc) is 2.81. The van der Waals surface area contributed by atoms with Crippen molar-refractivity contribution < 1.29 is 13.2 Å². The van der Waals surface area contributed by atoms with Crippen LogP contribution in [0.1, 0.15) is 82.6 Å². The van der Waals surface area contributed by atoms with Crippen molar-refractivity contribution in [2.75, 3.05) is 13.1 Å². The summed E-state index contributed by atoms with van der Waals surface area (Å²) in [4.78, 5) is 13.1. The predicted octanol–water partition coefficient (Wildman–Crippen LogP) is 4.50. The van der Waals surface area contributed by atoms with E-state index in [0.29, 0.717) is 24.2 Å². The number of amides is 1. The number of rotatable bonds is 5. The maximum Gasteiger partial charge on any atom is 0.251 e. The molecule has 1 aromatic carbocycles. The maximum atomic E-state index is 13.2. The molecule has 0 unspecified atom stereocenters. The molecule has 1 saturated heterocycles. The summed E-state index contributed by atoms with van der Waals surface area (Å²) in [6.07, 6.45) is 4.72. The number of sulfonamides is 1. The van der Waals surface area contributed by atoms with Crippen LogP contribution in [0.25, 0.3) is 0 Å². The second-order valence-corrected chi connectivity index (χ2v) is 11.8. The van der Waals surface area contributed by atoms with Crippen LogP contribution >= 0.6 is 0 Å². The van der Waals surface area contributed by atoms with Crippen molar-refractivity contribution in [3.8, 4) is 0 Å². The molecule has 1 aromatic rings. The molecule has 1 fully saturated rings. The van der Waals surface area contributed by atoms with E-state index in [4.69, 9.17) is 0 Å². The third kappa shape index (κ3) is 6.05. The van der Waals surface area contributed by atoms with E-state index in [0.717, 1.165) is 32.1 Å². The van der Waals surface area contributed by atoms with E-state index in [2.05, 4.69) is 26.1 Å². The fraction of sp³-hybridized carbons (Fsp3) is 0.682. The molecular formula is C22H36N2O3S. The number of aryl methyl sites for hydroxylation is 1. The van der Waals surface area contributed by atoms with Gasteiger partial charge in [0.2, 0.25) is 10.0 Å². The van der Waals surface area contributed by atoms with Gasteiger partial charge in [-0.3, -0.25) is 4.79 Å². The molecule has 5 nitrogen and oxygen atoms in total. The van der Waals surface area contributed by atoms with E-state index >= 15 is 0 Å². The van der Waals surface area contributed by atoms with E-state index in [-0.39, 0.29) is 21.8 Å². The lowest BCUT2D eigenvalue weighted by atomic mass is 9.81. The SMILES string of the molecule is Cc1ccc(C(=O)NC(C)(C)CC(C)(C)C)cc1S(=O)(=O)N1CCCCCC1. The Balaban J connectivity index is 2.28. The molecule has 1 aliphatic heterocycles. The summed E-state index contributed by atoms with van der Waals surface area (Å²) in [5.74, 6) is -0.235. The van der Waals surface area contributed by atoms with Crippen molar-refractivity contribution >= 4 is 15.9 Å². The molecule has 0 aliphatic carbocycles. The minimum absolute atomic E-state index is 0.0747. The zero-order valence-electron chi connectivity index (χ0n) is 18.3. The van der Waals surface area contributed by atoms with Gasteiger partial charge < -0.3 is 5.32 Å². The van der Waals surface area contributed by atoms with E-state index in [9.17, 15) is 13.2 Å². The molecule has 0 saturated carbocycles. The summed E-state index contributed by atoms with van der Waals surface area (Å²) < 4.78 is 28.0. The monoisotopic (exact) mass is 408 g/mol. The Hall–Kier alpha value is -1.40. The van der Waals surface area contributed by atoms with Gasteiger partial charge in [0.05, 0.1) is 4.90 Å². The van der Waals surface area contributed by atoms with Crippen LogP contribution in [0, 0.1) is 12.3 Å². The van der Waals surface area contributed by atoms with Gasteiger partial charge in [0.1, 0.15) is 0 Å². The molecule has 0 aromatic heterocycles. The number of nitrogens with one attached hydrogen (secondary N) is 1. The standard InChI is InChI=1S/C22H36N2O3S/c1-17-11-12-18(20(25)23-22(5,6)16-21(2,3)4)15-19(17)28(26,27)24-13-9-7-8-10-14-24/h11-12,15H,7-10,13-14,16H2,1-6H3,(H,23,25). The van der Waals surface area contributed by atoms with Crippen LogP contribution in [0.2, 0.25) is 0 Å². The van der Waals surface area contributed by atoms with E-state index in [1.807, 2.05) is 13.8 Å². The highest BCUT2D eigenvalue weighted by atomic mass is 32.2. The molecule has 28 heavy (non-hydrogen) atoms. The smallest absolute Gasteiger partial charge is 0.251 e. The van der Waals surface area contributed by atoms with E-state index in [1.54, 1.807) is 23.4 Å². The Bertz CT molecular complexity index is 800. The normalized spacial score (nSPS) is 17.2. The summed E-state index contributed by atoms with van der Waals surface area (Å²) in [6.45, 7) is 13.3. The number of hydrogen-bond donors (Lipinski definition) is 1. The van der Waals surface area contributed by atoms with Gasteiger partial charge >= 0.3 is 0 Å². The lowest BCUT2D eigenvalue weighted by molar-refractivity contribution is 0.0891. The van der Waals surface area contributed by atoms with Crippen molar-refractivity contribution in [1.29, 1.82) is 0 Å². The van der Waals surface area contributed by atoms with Crippen molar-refractivity contribution in [3.05, 3.63) is 29.3 Å². The van der Waals surface area contributed by atoms with Gasteiger partial charge in [-0.2, -0.15) is 4.31 Å². The molecule has 0 radical (unpaired) electrons. The number of carbonyl (C=O) groups excluding carboxylic acids is 1. The van der Waals surface area contributed by atoms with Crippen molar-refractivity contribution in [2.45, 2.75) is 84.1 Å². The van der Waals surface area contributed by atoms with Gasteiger partial charge in [0.25, 0.3) is 5.91 Å². The first kappa shape index (κ1) is 22.9. The lowest BCUT2D eigenvalue weighted by Crippen LogP contribution is -2.45. The van der Waals surface area contributed by atoms with E-state index in [1.165, 1.54) is 6.07 Å². The molecule has 1 amide bonds. The molecule has 0 atom stereocenters. The Kier molecular flexibility index (Phi) is 6.98. The highest BCUT2D eigenvalue weighted by Gasteiger charge is 2.30. The summed E-state index contributed by atoms with van der Waals surface area (Å²) in [5.41, 5.74) is 0.755. The van der Waals surface area contributed by atoms with Crippen LogP contribution in [-0.2, 0) is 10.0 Å². The van der Waals surface area contributed by atoms with Gasteiger partial charge in [-0.05, 0) is 63.1 Å². The minimum Gasteiger partial charge on any atom is -0.347 e. The molecule has 6 heteroatoms. The number of nitrogens with zero attached hydrogens (tertiary/aromatic N) is 1. The largest absolute Gasteiger partial charge is 0.347 e. The molecule has 1 aliphatic rings. The second kappa shape index (κ2) is 8.54. The molecule has 2 rings (SSSR count). The summed E-state index contributed by atoms with van der Waals surface area (Å²) in [7, 11) is -3.59. The van der Waals surface area contributed by atoms with Crippen LogP contribution in [0.4, 0.5) is 0 Å². The average molecular weight is 409 g/mol. The first-order valence-electron chi connectivity index (χ1n) is 10.3. The van der Waals surface area contributed by atoms with Gasteiger partial charge in [0, 0.05) is 24.2 Å².